The first-order chi connectivity index (χ1) is 9.92. The van der Waals surface area contributed by atoms with Gasteiger partial charge in [0.1, 0.15) is 12.4 Å². The summed E-state index contributed by atoms with van der Waals surface area (Å²) >= 11 is 1.54. The van der Waals surface area contributed by atoms with E-state index in [4.69, 9.17) is 9.47 Å². The van der Waals surface area contributed by atoms with Crippen LogP contribution in [0.5, 0.6) is 16.6 Å². The molecule has 100 valence electrons. The van der Waals surface area contributed by atoms with Crippen LogP contribution in [0, 0.1) is 0 Å². The van der Waals surface area contributed by atoms with Crippen LogP contribution < -0.4 is 9.47 Å². The van der Waals surface area contributed by atoms with Gasteiger partial charge in [-0.1, -0.05) is 48.5 Å². The van der Waals surface area contributed by atoms with Crippen molar-refractivity contribution < 1.29 is 9.47 Å². The Morgan fingerprint density at radius 3 is 2.25 bits per heavy atom. The summed E-state index contributed by atoms with van der Waals surface area (Å²) in [5.41, 5.74) is 1.14. The molecule has 0 bridgehead atoms. The molecule has 0 atom stereocenters. The molecule has 20 heavy (non-hydrogen) atoms. The Bertz CT molecular complexity index is 647. The molecule has 0 amide bonds. The second-order valence-corrected chi connectivity index (χ2v) is 5.14. The van der Waals surface area contributed by atoms with Crippen LogP contribution in [-0.2, 0) is 6.61 Å². The number of para-hydroxylation sites is 1. The summed E-state index contributed by atoms with van der Waals surface area (Å²) in [5.74, 6) is 1.58. The van der Waals surface area contributed by atoms with Gasteiger partial charge in [0.15, 0.2) is 5.75 Å². The molecule has 0 radical (unpaired) electrons. The first kappa shape index (κ1) is 12.8. The van der Waals surface area contributed by atoms with Crippen molar-refractivity contribution in [3.05, 3.63) is 77.7 Å². The first-order valence-corrected chi connectivity index (χ1v) is 7.27. The topological polar surface area (TPSA) is 18.5 Å². The van der Waals surface area contributed by atoms with Gasteiger partial charge in [0.2, 0.25) is 5.06 Å². The summed E-state index contributed by atoms with van der Waals surface area (Å²) in [5, 5.41) is 2.77. The molecule has 2 aromatic carbocycles. The third kappa shape index (κ3) is 3.19. The molecule has 0 unspecified atom stereocenters. The van der Waals surface area contributed by atoms with Crippen LogP contribution in [0.1, 0.15) is 5.56 Å². The van der Waals surface area contributed by atoms with Gasteiger partial charge < -0.3 is 9.47 Å². The van der Waals surface area contributed by atoms with Crippen LogP contribution in [0.2, 0.25) is 0 Å². The molecule has 1 heterocycles. The minimum Gasteiger partial charge on any atom is -0.476 e. The third-order valence-corrected chi connectivity index (χ3v) is 3.58. The Balaban J connectivity index is 1.68. The summed E-state index contributed by atoms with van der Waals surface area (Å²) in [6.45, 7) is 0.548. The van der Waals surface area contributed by atoms with E-state index < -0.39 is 0 Å². The maximum atomic E-state index is 5.83. The Kier molecular flexibility index (Phi) is 3.99. The number of benzene rings is 2. The van der Waals surface area contributed by atoms with Crippen LogP contribution in [0.3, 0.4) is 0 Å². The SMILES string of the molecule is c1ccc(COc2sccc2Oc2ccccc2)cc1. The molecule has 3 aromatic rings. The average Bonchev–Trinajstić information content (AvgIpc) is 2.94. The lowest BCUT2D eigenvalue weighted by Gasteiger charge is -2.08. The van der Waals surface area contributed by atoms with Crippen molar-refractivity contribution in [3.63, 3.8) is 0 Å². The van der Waals surface area contributed by atoms with Crippen LogP contribution in [0.25, 0.3) is 0 Å². The second-order valence-electron chi connectivity index (χ2n) is 4.26. The molecule has 0 N–H and O–H groups in total. The predicted octanol–water partition coefficient (Wildman–Crippen LogP) is 5.12. The van der Waals surface area contributed by atoms with Crippen LogP contribution in [-0.4, -0.2) is 0 Å². The fraction of sp³-hybridized carbons (Fsp3) is 0.0588. The number of ether oxygens (including phenoxy) is 2. The minimum absolute atomic E-state index is 0.548. The van der Waals surface area contributed by atoms with Crippen molar-refractivity contribution >= 4 is 11.3 Å². The van der Waals surface area contributed by atoms with Crippen LogP contribution >= 0.6 is 11.3 Å². The van der Waals surface area contributed by atoms with E-state index in [9.17, 15) is 0 Å². The number of hydrogen-bond donors (Lipinski definition) is 0. The zero-order valence-electron chi connectivity index (χ0n) is 10.9. The zero-order valence-corrected chi connectivity index (χ0v) is 11.7. The fourth-order valence-electron chi connectivity index (χ4n) is 1.80. The number of rotatable bonds is 5. The fourth-order valence-corrected chi connectivity index (χ4v) is 2.47. The molecule has 3 rings (SSSR count). The Labute approximate surface area is 122 Å². The van der Waals surface area contributed by atoms with Crippen LogP contribution in [0.4, 0.5) is 0 Å². The van der Waals surface area contributed by atoms with Crippen molar-refractivity contribution in [1.29, 1.82) is 0 Å². The quantitative estimate of drug-likeness (QED) is 0.646. The van der Waals surface area contributed by atoms with E-state index in [2.05, 4.69) is 0 Å². The maximum absolute atomic E-state index is 5.83. The average molecular weight is 282 g/mol. The van der Waals surface area contributed by atoms with Gasteiger partial charge in [-0.15, -0.1) is 11.3 Å². The van der Waals surface area contributed by atoms with Crippen molar-refractivity contribution in [2.75, 3.05) is 0 Å². The van der Waals surface area contributed by atoms with Crippen molar-refractivity contribution in [3.8, 4) is 16.6 Å². The van der Waals surface area contributed by atoms with Gasteiger partial charge >= 0.3 is 0 Å². The van der Waals surface area contributed by atoms with Gasteiger partial charge in [-0.05, 0) is 29.1 Å². The van der Waals surface area contributed by atoms with E-state index in [1.807, 2.05) is 72.1 Å². The van der Waals surface area contributed by atoms with Gasteiger partial charge in [-0.25, -0.2) is 0 Å². The molecule has 0 aliphatic heterocycles. The molecular weight excluding hydrogens is 268 g/mol. The molecule has 0 spiro atoms. The lowest BCUT2D eigenvalue weighted by molar-refractivity contribution is 0.301. The van der Waals surface area contributed by atoms with E-state index in [0.717, 1.165) is 22.1 Å². The number of thiophene rings is 1. The maximum Gasteiger partial charge on any atom is 0.217 e. The normalized spacial score (nSPS) is 10.2. The van der Waals surface area contributed by atoms with Gasteiger partial charge in [0.25, 0.3) is 0 Å². The number of hydrogen-bond acceptors (Lipinski definition) is 3. The smallest absolute Gasteiger partial charge is 0.217 e. The van der Waals surface area contributed by atoms with E-state index in [0.29, 0.717) is 6.61 Å². The summed E-state index contributed by atoms with van der Waals surface area (Å²) in [6.07, 6.45) is 0. The van der Waals surface area contributed by atoms with Gasteiger partial charge in [-0.3, -0.25) is 0 Å². The Morgan fingerprint density at radius 1 is 0.800 bits per heavy atom. The summed E-state index contributed by atoms with van der Waals surface area (Å²) < 4.78 is 11.7. The van der Waals surface area contributed by atoms with E-state index in [-0.39, 0.29) is 0 Å². The summed E-state index contributed by atoms with van der Waals surface area (Å²) in [6, 6.07) is 21.8. The molecular formula is C17H14O2S. The van der Waals surface area contributed by atoms with Crippen molar-refractivity contribution in [1.82, 2.24) is 0 Å². The summed E-state index contributed by atoms with van der Waals surface area (Å²) in [4.78, 5) is 0. The lowest BCUT2D eigenvalue weighted by Crippen LogP contribution is -1.94. The van der Waals surface area contributed by atoms with Gasteiger partial charge in [-0.2, -0.15) is 0 Å². The molecule has 1 aromatic heterocycles. The highest BCUT2D eigenvalue weighted by atomic mass is 32.1. The molecule has 2 nitrogen and oxygen atoms in total. The minimum atomic E-state index is 0.548. The molecule has 0 fully saturated rings. The molecule has 0 aliphatic carbocycles. The third-order valence-electron chi connectivity index (χ3n) is 2.78. The highest BCUT2D eigenvalue weighted by Crippen LogP contribution is 2.37. The van der Waals surface area contributed by atoms with E-state index in [1.165, 1.54) is 0 Å². The lowest BCUT2D eigenvalue weighted by atomic mass is 10.2. The van der Waals surface area contributed by atoms with Crippen molar-refractivity contribution in [2.45, 2.75) is 6.61 Å². The van der Waals surface area contributed by atoms with Gasteiger partial charge in [0, 0.05) is 0 Å². The standard InChI is InChI=1S/C17H14O2S/c1-3-7-14(8-4-1)13-18-17-16(11-12-20-17)19-15-9-5-2-6-10-15/h1-12H,13H2. The van der Waals surface area contributed by atoms with E-state index in [1.54, 1.807) is 11.3 Å². The molecule has 0 aliphatic rings. The second kappa shape index (κ2) is 6.26. The molecule has 0 saturated heterocycles. The predicted molar refractivity (Wildman–Crippen MR) is 81.6 cm³/mol. The van der Waals surface area contributed by atoms with Crippen LogP contribution in [0.15, 0.2) is 72.1 Å². The highest BCUT2D eigenvalue weighted by molar-refractivity contribution is 7.12. The molecule has 3 heteroatoms. The Morgan fingerprint density at radius 2 is 1.50 bits per heavy atom. The largest absolute Gasteiger partial charge is 0.476 e. The van der Waals surface area contributed by atoms with Gasteiger partial charge in [0.05, 0.1) is 0 Å². The van der Waals surface area contributed by atoms with Crippen molar-refractivity contribution in [2.24, 2.45) is 0 Å². The Hall–Kier alpha value is -2.26. The van der Waals surface area contributed by atoms with E-state index >= 15 is 0 Å². The summed E-state index contributed by atoms with van der Waals surface area (Å²) in [7, 11) is 0. The molecule has 0 saturated carbocycles. The monoisotopic (exact) mass is 282 g/mol. The first-order valence-electron chi connectivity index (χ1n) is 6.39. The highest BCUT2D eigenvalue weighted by Gasteiger charge is 2.08. The zero-order chi connectivity index (χ0) is 13.6.